The smallest absolute Gasteiger partial charge is 0.257 e. The summed E-state index contributed by atoms with van der Waals surface area (Å²) in [6.07, 6.45) is 0. The molecule has 0 saturated heterocycles. The number of fused-ring (bicyclic) bond motifs is 1. The van der Waals surface area contributed by atoms with Crippen molar-refractivity contribution in [3.63, 3.8) is 0 Å². The summed E-state index contributed by atoms with van der Waals surface area (Å²) >= 11 is 4.72. The van der Waals surface area contributed by atoms with Gasteiger partial charge in [-0.1, -0.05) is 17.4 Å². The number of para-hydroxylation sites is 1. The summed E-state index contributed by atoms with van der Waals surface area (Å²) in [4.78, 5) is 22.4. The van der Waals surface area contributed by atoms with E-state index in [1.807, 2.05) is 53.4 Å². The molecule has 5 nitrogen and oxygen atoms in total. The van der Waals surface area contributed by atoms with Gasteiger partial charge < -0.3 is 4.74 Å². The van der Waals surface area contributed by atoms with Crippen LogP contribution in [-0.2, 0) is 5.75 Å². The third-order valence-electron chi connectivity index (χ3n) is 3.81. The number of amides is 1. The molecule has 4 rings (SSSR count). The van der Waals surface area contributed by atoms with Crippen LogP contribution >= 0.6 is 34.4 Å². The molecule has 27 heavy (non-hydrogen) atoms. The van der Waals surface area contributed by atoms with Gasteiger partial charge >= 0.3 is 0 Å². The number of hydrogen-bond acceptors (Lipinski definition) is 7. The summed E-state index contributed by atoms with van der Waals surface area (Å²) in [5.41, 5.74) is 4.26. The molecule has 136 valence electrons. The maximum Gasteiger partial charge on any atom is 0.257 e. The highest BCUT2D eigenvalue weighted by atomic mass is 32.2. The Morgan fingerprint density at radius 1 is 1.22 bits per heavy atom. The number of nitrogens with zero attached hydrogens (tertiary/aromatic N) is 2. The monoisotopic (exact) mass is 413 g/mol. The first-order valence-electron chi connectivity index (χ1n) is 8.08. The van der Waals surface area contributed by atoms with E-state index >= 15 is 0 Å². The maximum absolute atomic E-state index is 12.5. The molecule has 0 unspecified atom stereocenters. The van der Waals surface area contributed by atoms with E-state index in [-0.39, 0.29) is 5.91 Å². The van der Waals surface area contributed by atoms with Gasteiger partial charge in [0.05, 0.1) is 23.0 Å². The second-order valence-electron chi connectivity index (χ2n) is 5.57. The third kappa shape index (κ3) is 4.13. The zero-order valence-electron chi connectivity index (χ0n) is 14.3. The van der Waals surface area contributed by atoms with E-state index in [9.17, 15) is 4.79 Å². The lowest BCUT2D eigenvalue weighted by Gasteiger charge is -2.04. The minimum Gasteiger partial charge on any atom is -0.494 e. The standard InChI is InChI=1S/C19H15N3O2S3/c1-24-15-3-2-4-16-17(15)21-19(27-16)22-18(23)12-5-7-14(8-6-12)26-10-13-9-25-11-20-13/h2-9,11H,10H2,1H3,(H,21,22,23). The number of carbonyl (C=O) groups excluding carboxylic acids is 1. The van der Waals surface area contributed by atoms with Gasteiger partial charge in [0.2, 0.25) is 0 Å². The Kier molecular flexibility index (Phi) is 5.38. The Balaban J connectivity index is 1.43. The van der Waals surface area contributed by atoms with Crippen molar-refractivity contribution in [1.29, 1.82) is 0 Å². The van der Waals surface area contributed by atoms with E-state index in [2.05, 4.69) is 15.3 Å². The molecule has 0 fully saturated rings. The Bertz CT molecular complexity index is 1060. The summed E-state index contributed by atoms with van der Waals surface area (Å²) in [6.45, 7) is 0. The number of thioether (sulfide) groups is 1. The Morgan fingerprint density at radius 3 is 2.81 bits per heavy atom. The molecule has 4 aromatic rings. The van der Waals surface area contributed by atoms with Gasteiger partial charge in [-0.15, -0.1) is 23.1 Å². The Labute approximate surface area is 168 Å². The predicted octanol–water partition coefficient (Wildman–Crippen LogP) is 5.31. The molecular formula is C19H15N3O2S3. The van der Waals surface area contributed by atoms with Gasteiger partial charge in [0.25, 0.3) is 5.91 Å². The SMILES string of the molecule is COc1cccc2sc(NC(=O)c3ccc(SCc4cscn4)cc3)nc12. The highest BCUT2D eigenvalue weighted by Crippen LogP contribution is 2.32. The number of methoxy groups -OCH3 is 1. The average molecular weight is 414 g/mol. The van der Waals surface area contributed by atoms with Crippen LogP contribution in [0.5, 0.6) is 5.75 Å². The molecule has 2 heterocycles. The molecule has 0 bridgehead atoms. The first-order chi connectivity index (χ1) is 13.2. The van der Waals surface area contributed by atoms with E-state index in [1.165, 1.54) is 11.3 Å². The fraction of sp³-hybridized carbons (Fsp3) is 0.105. The van der Waals surface area contributed by atoms with Crippen LogP contribution in [0, 0.1) is 0 Å². The van der Waals surface area contributed by atoms with Crippen LogP contribution in [0.15, 0.2) is 58.3 Å². The fourth-order valence-electron chi connectivity index (χ4n) is 2.48. The van der Waals surface area contributed by atoms with Gasteiger partial charge in [0, 0.05) is 21.6 Å². The summed E-state index contributed by atoms with van der Waals surface area (Å²) in [6, 6.07) is 13.3. The predicted molar refractivity (Wildman–Crippen MR) is 112 cm³/mol. The first kappa shape index (κ1) is 18.0. The van der Waals surface area contributed by atoms with E-state index in [0.717, 1.165) is 26.6 Å². The largest absolute Gasteiger partial charge is 0.494 e. The molecule has 1 amide bonds. The quantitative estimate of drug-likeness (QED) is 0.434. The van der Waals surface area contributed by atoms with E-state index < -0.39 is 0 Å². The maximum atomic E-state index is 12.5. The van der Waals surface area contributed by atoms with Gasteiger partial charge in [-0.2, -0.15) is 0 Å². The number of anilines is 1. The molecule has 2 aromatic heterocycles. The molecule has 0 spiro atoms. The lowest BCUT2D eigenvalue weighted by Crippen LogP contribution is -2.11. The molecule has 2 aromatic carbocycles. The number of aromatic nitrogens is 2. The molecule has 0 atom stereocenters. The second kappa shape index (κ2) is 8.08. The number of nitrogens with one attached hydrogen (secondary N) is 1. The molecule has 0 saturated carbocycles. The molecule has 0 aliphatic carbocycles. The number of hydrogen-bond donors (Lipinski definition) is 1. The van der Waals surface area contributed by atoms with Gasteiger partial charge in [-0.05, 0) is 36.4 Å². The van der Waals surface area contributed by atoms with Crippen molar-refractivity contribution in [3.8, 4) is 5.75 Å². The van der Waals surface area contributed by atoms with Crippen molar-refractivity contribution in [2.24, 2.45) is 0 Å². The number of benzene rings is 2. The van der Waals surface area contributed by atoms with E-state index in [1.54, 1.807) is 30.2 Å². The van der Waals surface area contributed by atoms with Crippen LogP contribution in [0.25, 0.3) is 10.2 Å². The highest BCUT2D eigenvalue weighted by Gasteiger charge is 2.12. The van der Waals surface area contributed by atoms with Crippen molar-refractivity contribution < 1.29 is 9.53 Å². The number of thiazole rings is 2. The molecule has 1 N–H and O–H groups in total. The van der Waals surface area contributed by atoms with Crippen molar-refractivity contribution >= 4 is 55.7 Å². The first-order valence-corrected chi connectivity index (χ1v) is 10.8. The lowest BCUT2D eigenvalue weighted by atomic mass is 10.2. The van der Waals surface area contributed by atoms with Crippen LogP contribution < -0.4 is 10.1 Å². The van der Waals surface area contributed by atoms with Crippen molar-refractivity contribution in [2.75, 3.05) is 12.4 Å². The topological polar surface area (TPSA) is 64.1 Å². The second-order valence-corrected chi connectivity index (χ2v) is 8.37. The van der Waals surface area contributed by atoms with Gasteiger partial charge in [0.15, 0.2) is 5.13 Å². The van der Waals surface area contributed by atoms with E-state index in [4.69, 9.17) is 4.74 Å². The molecule has 0 aliphatic rings. The normalized spacial score (nSPS) is 10.9. The van der Waals surface area contributed by atoms with Gasteiger partial charge in [-0.25, -0.2) is 9.97 Å². The summed E-state index contributed by atoms with van der Waals surface area (Å²) in [7, 11) is 1.61. The zero-order chi connectivity index (χ0) is 18.6. The molecule has 8 heteroatoms. The van der Waals surface area contributed by atoms with Crippen LogP contribution in [0.1, 0.15) is 16.1 Å². The summed E-state index contributed by atoms with van der Waals surface area (Å²) < 4.78 is 6.29. The molecule has 0 radical (unpaired) electrons. The summed E-state index contributed by atoms with van der Waals surface area (Å²) in [5, 5.41) is 5.47. The molecular weight excluding hydrogens is 398 g/mol. The number of carbonyl (C=O) groups is 1. The van der Waals surface area contributed by atoms with Crippen LogP contribution in [0.4, 0.5) is 5.13 Å². The van der Waals surface area contributed by atoms with Crippen molar-refractivity contribution in [1.82, 2.24) is 9.97 Å². The van der Waals surface area contributed by atoms with Gasteiger partial charge in [0.1, 0.15) is 11.3 Å². The average Bonchev–Trinajstić information content (AvgIpc) is 3.35. The van der Waals surface area contributed by atoms with Crippen LogP contribution in [0.3, 0.4) is 0 Å². The molecule has 0 aliphatic heterocycles. The van der Waals surface area contributed by atoms with Crippen molar-refractivity contribution in [2.45, 2.75) is 10.6 Å². The van der Waals surface area contributed by atoms with Crippen LogP contribution in [-0.4, -0.2) is 23.0 Å². The Hall–Kier alpha value is -2.42. The zero-order valence-corrected chi connectivity index (χ0v) is 16.8. The highest BCUT2D eigenvalue weighted by molar-refractivity contribution is 7.98. The summed E-state index contributed by atoms with van der Waals surface area (Å²) in [5.74, 6) is 1.34. The lowest BCUT2D eigenvalue weighted by molar-refractivity contribution is 0.102. The van der Waals surface area contributed by atoms with E-state index in [0.29, 0.717) is 16.4 Å². The third-order valence-corrected chi connectivity index (χ3v) is 6.43. The minimum absolute atomic E-state index is 0.177. The van der Waals surface area contributed by atoms with Gasteiger partial charge in [-0.3, -0.25) is 10.1 Å². The van der Waals surface area contributed by atoms with Crippen molar-refractivity contribution in [3.05, 3.63) is 64.6 Å². The van der Waals surface area contributed by atoms with Crippen LogP contribution in [0.2, 0.25) is 0 Å². The number of ether oxygens (including phenoxy) is 1. The minimum atomic E-state index is -0.177. The fourth-order valence-corrected chi connectivity index (χ4v) is 4.82. The number of rotatable bonds is 6. The Morgan fingerprint density at radius 2 is 2.07 bits per heavy atom.